The summed E-state index contributed by atoms with van der Waals surface area (Å²) < 4.78 is 4.90. The quantitative estimate of drug-likeness (QED) is 0.796. The first kappa shape index (κ1) is 9.98. The highest BCUT2D eigenvalue weighted by atomic mass is 16.5. The van der Waals surface area contributed by atoms with Gasteiger partial charge in [-0.2, -0.15) is 5.26 Å². The number of pyridine rings is 1. The summed E-state index contributed by atoms with van der Waals surface area (Å²) in [6, 6.07) is 5.31. The molecule has 0 spiro atoms. The van der Waals surface area contributed by atoms with Crippen LogP contribution in [0.25, 0.3) is 0 Å². The molecule has 0 aromatic carbocycles. The zero-order chi connectivity index (χ0) is 11.4. The maximum absolute atomic E-state index is 8.88. The van der Waals surface area contributed by atoms with Gasteiger partial charge in [-0.3, -0.25) is 0 Å². The third kappa shape index (κ3) is 2.09. The average molecular weight is 215 g/mol. The molecule has 0 radical (unpaired) electrons. The SMILES string of the molecule is N#Cc1cc(N)cnc1NCc1ccno1. The molecule has 3 N–H and O–H groups in total. The molecule has 0 aliphatic rings. The van der Waals surface area contributed by atoms with Gasteiger partial charge in [-0.25, -0.2) is 4.98 Å². The summed E-state index contributed by atoms with van der Waals surface area (Å²) in [6.07, 6.45) is 3.04. The fourth-order valence-corrected chi connectivity index (χ4v) is 1.21. The van der Waals surface area contributed by atoms with Gasteiger partial charge in [-0.1, -0.05) is 5.16 Å². The number of nitrogen functional groups attached to an aromatic ring is 1. The van der Waals surface area contributed by atoms with E-state index in [4.69, 9.17) is 15.5 Å². The third-order valence-corrected chi connectivity index (χ3v) is 1.95. The van der Waals surface area contributed by atoms with Gasteiger partial charge in [0.1, 0.15) is 11.9 Å². The van der Waals surface area contributed by atoms with Gasteiger partial charge >= 0.3 is 0 Å². The van der Waals surface area contributed by atoms with Gasteiger partial charge < -0.3 is 15.6 Å². The molecule has 6 heteroatoms. The van der Waals surface area contributed by atoms with Gasteiger partial charge in [-0.15, -0.1) is 0 Å². The van der Waals surface area contributed by atoms with E-state index in [0.717, 1.165) is 0 Å². The van der Waals surface area contributed by atoms with E-state index in [0.29, 0.717) is 29.4 Å². The first-order valence-corrected chi connectivity index (χ1v) is 4.58. The standard InChI is InChI=1S/C10H9N5O/c11-4-7-3-8(12)5-13-10(7)14-6-9-1-2-15-16-9/h1-3,5H,6,12H2,(H,13,14). The smallest absolute Gasteiger partial charge is 0.155 e. The van der Waals surface area contributed by atoms with Gasteiger partial charge in [0.25, 0.3) is 0 Å². The Hall–Kier alpha value is -2.55. The highest BCUT2D eigenvalue weighted by Crippen LogP contribution is 2.15. The van der Waals surface area contributed by atoms with E-state index in [1.807, 2.05) is 6.07 Å². The Morgan fingerprint density at radius 1 is 1.56 bits per heavy atom. The Balaban J connectivity index is 2.13. The topological polar surface area (TPSA) is 101 Å². The number of nitrogens with one attached hydrogen (secondary N) is 1. The van der Waals surface area contributed by atoms with E-state index >= 15 is 0 Å². The average Bonchev–Trinajstić information content (AvgIpc) is 2.80. The number of anilines is 2. The highest BCUT2D eigenvalue weighted by molar-refractivity contribution is 5.57. The van der Waals surface area contributed by atoms with Crippen molar-refractivity contribution >= 4 is 11.5 Å². The predicted octanol–water partition coefficient (Wildman–Crippen LogP) is 1.14. The van der Waals surface area contributed by atoms with Crippen LogP contribution in [0.4, 0.5) is 11.5 Å². The minimum absolute atomic E-state index is 0.402. The van der Waals surface area contributed by atoms with Crippen LogP contribution in [-0.4, -0.2) is 10.1 Å². The van der Waals surface area contributed by atoms with Crippen LogP contribution in [0.2, 0.25) is 0 Å². The summed E-state index contributed by atoms with van der Waals surface area (Å²) in [7, 11) is 0. The highest BCUT2D eigenvalue weighted by Gasteiger charge is 2.04. The first-order valence-electron chi connectivity index (χ1n) is 4.58. The maximum Gasteiger partial charge on any atom is 0.155 e. The Kier molecular flexibility index (Phi) is 2.69. The third-order valence-electron chi connectivity index (χ3n) is 1.95. The zero-order valence-electron chi connectivity index (χ0n) is 8.34. The number of nitriles is 1. The maximum atomic E-state index is 8.88. The van der Waals surface area contributed by atoms with Crippen molar-refractivity contribution in [2.24, 2.45) is 0 Å². The molecule has 6 nitrogen and oxygen atoms in total. The minimum Gasteiger partial charge on any atom is -0.397 e. The van der Waals surface area contributed by atoms with Crippen molar-refractivity contribution in [2.45, 2.75) is 6.54 Å². The van der Waals surface area contributed by atoms with Crippen molar-refractivity contribution in [2.75, 3.05) is 11.1 Å². The number of rotatable bonds is 3. The van der Waals surface area contributed by atoms with Crippen molar-refractivity contribution in [3.05, 3.63) is 35.9 Å². The number of hydrogen-bond acceptors (Lipinski definition) is 6. The van der Waals surface area contributed by atoms with Crippen LogP contribution in [0.5, 0.6) is 0 Å². The molecule has 0 saturated carbocycles. The molecule has 0 atom stereocenters. The molecule has 2 heterocycles. The van der Waals surface area contributed by atoms with E-state index in [1.165, 1.54) is 6.20 Å². The number of nitrogens with zero attached hydrogens (tertiary/aromatic N) is 3. The van der Waals surface area contributed by atoms with Gasteiger partial charge in [0, 0.05) is 6.07 Å². The molecule has 0 amide bonds. The van der Waals surface area contributed by atoms with E-state index in [2.05, 4.69) is 15.5 Å². The number of aromatic nitrogens is 2. The molecule has 2 rings (SSSR count). The van der Waals surface area contributed by atoms with Crippen LogP contribution < -0.4 is 11.1 Å². The molecule has 0 bridgehead atoms. The van der Waals surface area contributed by atoms with Crippen LogP contribution in [-0.2, 0) is 6.54 Å². The second-order valence-corrected chi connectivity index (χ2v) is 3.11. The van der Waals surface area contributed by atoms with Crippen molar-refractivity contribution in [1.82, 2.24) is 10.1 Å². The lowest BCUT2D eigenvalue weighted by Gasteiger charge is -2.05. The van der Waals surface area contributed by atoms with Crippen LogP contribution >= 0.6 is 0 Å². The summed E-state index contributed by atoms with van der Waals surface area (Å²) in [6.45, 7) is 0.422. The molecule has 0 saturated heterocycles. The second-order valence-electron chi connectivity index (χ2n) is 3.11. The molecular formula is C10H9N5O. The summed E-state index contributed by atoms with van der Waals surface area (Å²) in [5.41, 5.74) is 6.39. The lowest BCUT2D eigenvalue weighted by atomic mass is 10.2. The molecule has 0 fully saturated rings. The monoisotopic (exact) mass is 215 g/mol. The second kappa shape index (κ2) is 4.31. The van der Waals surface area contributed by atoms with E-state index in [1.54, 1.807) is 18.3 Å². The number of nitrogens with two attached hydrogens (primary N) is 1. The van der Waals surface area contributed by atoms with Gasteiger partial charge in [0.2, 0.25) is 0 Å². The fourth-order valence-electron chi connectivity index (χ4n) is 1.21. The van der Waals surface area contributed by atoms with Gasteiger partial charge in [0.05, 0.1) is 30.2 Å². The summed E-state index contributed by atoms with van der Waals surface area (Å²) in [5, 5.41) is 15.4. The van der Waals surface area contributed by atoms with Crippen molar-refractivity contribution < 1.29 is 4.52 Å². The molecule has 0 aliphatic heterocycles. The van der Waals surface area contributed by atoms with Gasteiger partial charge in [-0.05, 0) is 6.07 Å². The molecule has 16 heavy (non-hydrogen) atoms. The molecular weight excluding hydrogens is 206 g/mol. The molecule has 2 aromatic heterocycles. The van der Waals surface area contributed by atoms with Crippen molar-refractivity contribution in [3.63, 3.8) is 0 Å². The Labute approximate surface area is 91.7 Å². The molecule has 0 aliphatic carbocycles. The fraction of sp³-hybridized carbons (Fsp3) is 0.100. The molecule has 0 unspecified atom stereocenters. The summed E-state index contributed by atoms with van der Waals surface area (Å²) in [5.74, 6) is 1.15. The summed E-state index contributed by atoms with van der Waals surface area (Å²) >= 11 is 0. The largest absolute Gasteiger partial charge is 0.397 e. The lowest BCUT2D eigenvalue weighted by Crippen LogP contribution is -2.03. The summed E-state index contributed by atoms with van der Waals surface area (Å²) in [4.78, 5) is 4.03. The van der Waals surface area contributed by atoms with Crippen LogP contribution in [0.15, 0.2) is 29.0 Å². The number of hydrogen-bond donors (Lipinski definition) is 2. The van der Waals surface area contributed by atoms with Crippen LogP contribution in [0.3, 0.4) is 0 Å². The van der Waals surface area contributed by atoms with Crippen LogP contribution in [0.1, 0.15) is 11.3 Å². The Bertz CT molecular complexity index is 515. The van der Waals surface area contributed by atoms with Crippen LogP contribution in [0, 0.1) is 11.3 Å². The molecule has 80 valence electrons. The minimum atomic E-state index is 0.402. The molecule has 2 aromatic rings. The van der Waals surface area contributed by atoms with Gasteiger partial charge in [0.15, 0.2) is 5.76 Å². The normalized spacial score (nSPS) is 9.69. The van der Waals surface area contributed by atoms with Crippen molar-refractivity contribution in [1.29, 1.82) is 5.26 Å². The van der Waals surface area contributed by atoms with E-state index in [9.17, 15) is 0 Å². The first-order chi connectivity index (χ1) is 7.79. The van der Waals surface area contributed by atoms with Crippen molar-refractivity contribution in [3.8, 4) is 6.07 Å². The van der Waals surface area contributed by atoms with E-state index < -0.39 is 0 Å². The Morgan fingerprint density at radius 2 is 2.44 bits per heavy atom. The predicted molar refractivity (Wildman–Crippen MR) is 57.2 cm³/mol. The zero-order valence-corrected chi connectivity index (χ0v) is 8.34. The Morgan fingerprint density at radius 3 is 3.12 bits per heavy atom. The van der Waals surface area contributed by atoms with E-state index in [-0.39, 0.29) is 0 Å². The lowest BCUT2D eigenvalue weighted by molar-refractivity contribution is 0.388.